The number of rotatable bonds is 4. The number of carbonyl (C=O) groups is 1. The van der Waals surface area contributed by atoms with E-state index in [1.54, 1.807) is 24.3 Å². The number of halogens is 1. The highest BCUT2D eigenvalue weighted by Crippen LogP contribution is 2.45. The lowest BCUT2D eigenvalue weighted by molar-refractivity contribution is 0.0702. The first kappa shape index (κ1) is 22.6. The van der Waals surface area contributed by atoms with Crippen LogP contribution in [-0.2, 0) is 6.42 Å². The number of ether oxygens (including phenoxy) is 2. The summed E-state index contributed by atoms with van der Waals surface area (Å²) < 4.78 is 17.1. The fraction of sp³-hybridized carbons (Fsp3) is 0.143. The largest absolute Gasteiger partial charge is 0.449 e. The molecule has 7 heteroatoms. The molecule has 6 nitrogen and oxygen atoms in total. The molecule has 0 saturated carbocycles. The lowest BCUT2D eigenvalue weighted by atomic mass is 9.83. The molecule has 1 aliphatic rings. The number of allylic oxidation sites excluding steroid dienone is 1. The minimum Gasteiger partial charge on any atom is -0.449 e. The van der Waals surface area contributed by atoms with E-state index in [4.69, 9.17) is 31.2 Å². The van der Waals surface area contributed by atoms with Crippen LogP contribution in [0, 0.1) is 18.3 Å². The first-order valence-electron chi connectivity index (χ1n) is 11.1. The van der Waals surface area contributed by atoms with E-state index in [0.29, 0.717) is 21.9 Å². The second-order valence-electron chi connectivity index (χ2n) is 8.28. The van der Waals surface area contributed by atoms with Crippen molar-refractivity contribution in [2.24, 2.45) is 5.73 Å². The third-order valence-corrected chi connectivity index (χ3v) is 6.56. The molecule has 2 N–H and O–H groups in total. The molecule has 0 amide bonds. The summed E-state index contributed by atoms with van der Waals surface area (Å²) in [4.78, 5) is 13.0. The molecule has 1 unspecified atom stereocenters. The summed E-state index contributed by atoms with van der Waals surface area (Å²) >= 11 is 6.44. The Morgan fingerprint density at radius 3 is 2.69 bits per heavy atom. The van der Waals surface area contributed by atoms with Crippen molar-refractivity contribution in [3.63, 3.8) is 0 Å². The van der Waals surface area contributed by atoms with Gasteiger partial charge in [-0.3, -0.25) is 0 Å². The lowest BCUT2D eigenvalue weighted by Crippen LogP contribution is -2.21. The molecule has 0 spiro atoms. The van der Waals surface area contributed by atoms with Crippen molar-refractivity contribution in [1.82, 2.24) is 0 Å². The van der Waals surface area contributed by atoms with Crippen molar-refractivity contribution in [2.45, 2.75) is 26.2 Å². The molecule has 0 saturated heterocycles. The van der Waals surface area contributed by atoms with E-state index in [-0.39, 0.29) is 23.0 Å². The number of aryl methyl sites for hydroxylation is 2. The number of hydrogen-bond donors (Lipinski definition) is 1. The summed E-state index contributed by atoms with van der Waals surface area (Å²) in [5.74, 6) is -0.358. The predicted octanol–water partition coefficient (Wildman–Crippen LogP) is 6.39. The van der Waals surface area contributed by atoms with Crippen LogP contribution in [0.3, 0.4) is 0 Å². The second kappa shape index (κ2) is 8.86. The Hall–Kier alpha value is -4.21. The Morgan fingerprint density at radius 1 is 1.14 bits per heavy atom. The summed E-state index contributed by atoms with van der Waals surface area (Å²) in [6.07, 6.45) is 0.885. The van der Waals surface area contributed by atoms with Gasteiger partial charge in [0.1, 0.15) is 28.7 Å². The van der Waals surface area contributed by atoms with Gasteiger partial charge in [0.2, 0.25) is 11.6 Å². The molecular formula is C28H21ClN2O4. The fourth-order valence-electron chi connectivity index (χ4n) is 4.36. The zero-order valence-electron chi connectivity index (χ0n) is 19.1. The number of benzene rings is 3. The summed E-state index contributed by atoms with van der Waals surface area (Å²) in [7, 11) is 0. The predicted molar refractivity (Wildman–Crippen MR) is 132 cm³/mol. The molecule has 1 aromatic heterocycles. The molecule has 3 aromatic carbocycles. The van der Waals surface area contributed by atoms with Crippen molar-refractivity contribution in [1.29, 1.82) is 5.26 Å². The lowest BCUT2D eigenvalue weighted by Gasteiger charge is -2.27. The summed E-state index contributed by atoms with van der Waals surface area (Å²) in [5.41, 5.74) is 10.3. The van der Waals surface area contributed by atoms with Crippen LogP contribution >= 0.6 is 11.6 Å². The van der Waals surface area contributed by atoms with Gasteiger partial charge >= 0.3 is 5.97 Å². The van der Waals surface area contributed by atoms with Gasteiger partial charge in [-0.05, 0) is 48.7 Å². The highest BCUT2D eigenvalue weighted by Gasteiger charge is 2.32. The maximum Gasteiger partial charge on any atom is 0.379 e. The van der Waals surface area contributed by atoms with Crippen LogP contribution in [0.4, 0.5) is 0 Å². The quantitative estimate of drug-likeness (QED) is 0.266. The number of nitrogens with two attached hydrogens (primary N) is 1. The van der Waals surface area contributed by atoms with E-state index in [0.717, 1.165) is 28.5 Å². The second-order valence-corrected chi connectivity index (χ2v) is 8.68. The zero-order chi connectivity index (χ0) is 24.7. The first-order chi connectivity index (χ1) is 16.9. The number of nitrogens with zero attached hydrogens (tertiary/aromatic N) is 1. The van der Waals surface area contributed by atoms with Crippen molar-refractivity contribution >= 4 is 28.5 Å². The summed E-state index contributed by atoms with van der Waals surface area (Å²) in [6, 6.07) is 20.2. The number of carbonyl (C=O) groups excluding carboxylic acids is 1. The monoisotopic (exact) mass is 484 g/mol. The Kier molecular flexibility index (Phi) is 5.72. The molecule has 35 heavy (non-hydrogen) atoms. The Balaban J connectivity index is 1.49. The smallest absolute Gasteiger partial charge is 0.379 e. The van der Waals surface area contributed by atoms with Gasteiger partial charge in [0.15, 0.2) is 0 Å². The van der Waals surface area contributed by atoms with E-state index < -0.39 is 11.9 Å². The third kappa shape index (κ3) is 3.90. The van der Waals surface area contributed by atoms with Gasteiger partial charge in [-0.15, -0.1) is 0 Å². The van der Waals surface area contributed by atoms with Crippen LogP contribution in [0.5, 0.6) is 11.5 Å². The topological polar surface area (TPSA) is 98.5 Å². The van der Waals surface area contributed by atoms with Crippen molar-refractivity contribution in [3.05, 3.63) is 105 Å². The van der Waals surface area contributed by atoms with E-state index in [9.17, 15) is 10.1 Å². The fourth-order valence-corrected chi connectivity index (χ4v) is 4.61. The number of hydrogen-bond acceptors (Lipinski definition) is 6. The van der Waals surface area contributed by atoms with Gasteiger partial charge in [0, 0.05) is 27.6 Å². The number of furan rings is 1. The molecule has 0 radical (unpaired) electrons. The third-order valence-electron chi connectivity index (χ3n) is 6.21. The Labute approximate surface area is 207 Å². The summed E-state index contributed by atoms with van der Waals surface area (Å²) in [5, 5.41) is 11.1. The number of esters is 1. The molecule has 0 fully saturated rings. The van der Waals surface area contributed by atoms with E-state index in [1.165, 1.54) is 0 Å². The average Bonchev–Trinajstić information content (AvgIpc) is 3.19. The van der Waals surface area contributed by atoms with E-state index >= 15 is 0 Å². The first-order valence-corrected chi connectivity index (χ1v) is 11.5. The molecule has 1 atom stereocenters. The normalized spacial score (nSPS) is 14.9. The Bertz CT molecular complexity index is 1560. The number of fused-ring (bicyclic) bond motifs is 2. The molecule has 2 heterocycles. The van der Waals surface area contributed by atoms with Crippen molar-refractivity contribution in [3.8, 4) is 17.6 Å². The van der Waals surface area contributed by atoms with Crippen LogP contribution in [-0.4, -0.2) is 5.97 Å². The van der Waals surface area contributed by atoms with Crippen LogP contribution in [0.15, 0.2) is 76.5 Å². The standard InChI is InChI=1S/C28H21ClN2O4/c1-3-16-8-11-23-20(12-16)15(2)26(34-23)28(32)33-17-9-10-19-24(13-17)35-27(31)21(14-30)25(19)18-6-4-5-7-22(18)29/h4-13,25H,3,31H2,1-2H3. The minimum atomic E-state index is -0.614. The van der Waals surface area contributed by atoms with Crippen molar-refractivity contribution in [2.75, 3.05) is 0 Å². The molecule has 5 rings (SSSR count). The van der Waals surface area contributed by atoms with Gasteiger partial charge in [0.05, 0.1) is 5.92 Å². The van der Waals surface area contributed by atoms with Crippen LogP contribution in [0.1, 0.15) is 45.7 Å². The van der Waals surface area contributed by atoms with Gasteiger partial charge in [-0.25, -0.2) is 4.79 Å². The van der Waals surface area contributed by atoms with Gasteiger partial charge in [0.25, 0.3) is 0 Å². The molecule has 4 aromatic rings. The highest BCUT2D eigenvalue weighted by atomic mass is 35.5. The molecule has 174 valence electrons. The zero-order valence-corrected chi connectivity index (χ0v) is 19.8. The van der Waals surface area contributed by atoms with Gasteiger partial charge in [-0.1, -0.05) is 48.9 Å². The van der Waals surface area contributed by atoms with E-state index in [1.807, 2.05) is 43.3 Å². The number of nitriles is 1. The van der Waals surface area contributed by atoms with Crippen LogP contribution in [0.2, 0.25) is 5.02 Å². The molecular weight excluding hydrogens is 464 g/mol. The highest BCUT2D eigenvalue weighted by molar-refractivity contribution is 6.31. The Morgan fingerprint density at radius 2 is 1.94 bits per heavy atom. The summed E-state index contributed by atoms with van der Waals surface area (Å²) in [6.45, 7) is 3.91. The van der Waals surface area contributed by atoms with Gasteiger partial charge in [-0.2, -0.15) is 5.26 Å². The van der Waals surface area contributed by atoms with Crippen LogP contribution < -0.4 is 15.2 Å². The van der Waals surface area contributed by atoms with E-state index in [2.05, 4.69) is 13.0 Å². The minimum absolute atomic E-state index is 0.0201. The molecule has 0 aliphatic carbocycles. The average molecular weight is 485 g/mol. The SMILES string of the molecule is CCc1ccc2oc(C(=O)Oc3ccc4c(c3)OC(N)=C(C#N)C4c3ccccc3Cl)c(C)c2c1. The maximum atomic E-state index is 13.0. The molecule has 1 aliphatic heterocycles. The van der Waals surface area contributed by atoms with Crippen LogP contribution in [0.25, 0.3) is 11.0 Å². The van der Waals surface area contributed by atoms with Gasteiger partial charge < -0.3 is 19.6 Å². The molecule has 0 bridgehead atoms. The van der Waals surface area contributed by atoms with Crippen molar-refractivity contribution < 1.29 is 18.7 Å². The maximum absolute atomic E-state index is 13.0.